The van der Waals surface area contributed by atoms with Crippen molar-refractivity contribution < 1.29 is 130 Å². The topological polar surface area (TPSA) is 490 Å². The van der Waals surface area contributed by atoms with Gasteiger partial charge >= 0.3 is 29.8 Å². The van der Waals surface area contributed by atoms with Crippen LogP contribution in [0.5, 0.6) is 0 Å². The molecule has 129 heavy (non-hydrogen) atoms. The third-order valence-electron chi connectivity index (χ3n) is 26.6. The number of carboxylic acids is 1. The Balaban J connectivity index is 0.000000239. The van der Waals surface area contributed by atoms with Gasteiger partial charge in [-0.05, 0) is 163 Å². The molecular weight excluding hydrogens is 1670 g/mol. The number of para-hydroxylation sites is 1. The number of nitrogens with two attached hydrogens (primary N) is 1. The summed E-state index contributed by atoms with van der Waals surface area (Å²) in [6, 6.07) is 6.30. The molecule has 17 atom stereocenters. The van der Waals surface area contributed by atoms with E-state index in [-0.39, 0.29) is 272 Å². The van der Waals surface area contributed by atoms with Gasteiger partial charge in [0, 0.05) is 155 Å². The molecule has 9 unspecified atom stereocenters. The first kappa shape index (κ1) is 107. The van der Waals surface area contributed by atoms with Gasteiger partial charge < -0.3 is 59.8 Å². The Morgan fingerprint density at radius 3 is 1.14 bits per heavy atom. The second kappa shape index (κ2) is 52.0. The number of carboxylic acid groups (broad SMARTS) is 1. The molecule has 4 saturated carbocycles. The summed E-state index contributed by atoms with van der Waals surface area (Å²) in [5.74, 6) is -6.86. The van der Waals surface area contributed by atoms with Gasteiger partial charge in [0.1, 0.15) is 29.2 Å². The Bertz CT molecular complexity index is 4170. The first-order valence-corrected chi connectivity index (χ1v) is 46.5. The zero-order valence-electron chi connectivity index (χ0n) is 77.5. The van der Waals surface area contributed by atoms with Gasteiger partial charge in [-0.1, -0.05) is 73.6 Å². The van der Waals surface area contributed by atoms with Crippen LogP contribution in [0.2, 0.25) is 0 Å². The van der Waals surface area contributed by atoms with Crippen molar-refractivity contribution in [3.05, 3.63) is 36.0 Å². The SMILES string of the molecule is CC1C[C@H](C)CC([C@H](O)CC2CC(=O)N(CCC(=O)NC(Cc3c[nH]c4ccccc34)C(=O)O)C(=O)C2)C1=O.CC1C[C@H](C)CC([C@H](O)CC2CC(=O)N(CCCN)C(=O)C2)C1=O.CCOC(=O)CCO[C@H](CC1CC(=O)N(CCC(=O)OCC)C(=O)C1)C1C[C@@H](C)CC(C)C1=O.COC(=O)CCO[C@H](CC1CC(=O)N(CCC(=O)OC)C(=O)C1)C1C[C@@H](C)CC(C)C1=O. The van der Waals surface area contributed by atoms with Crippen molar-refractivity contribution in [2.24, 2.45) is 100 Å². The number of carbonyl (C=O) groups excluding carboxylic acids is 17. The number of amides is 9. The molecule has 8 aliphatic rings. The van der Waals surface area contributed by atoms with Crippen molar-refractivity contribution in [2.75, 3.05) is 73.4 Å². The normalized spacial score (nSPS) is 25.9. The molecular formula is C95H141N7O27. The van der Waals surface area contributed by atoms with Gasteiger partial charge in [-0.15, -0.1) is 0 Å². The van der Waals surface area contributed by atoms with E-state index >= 15 is 0 Å². The van der Waals surface area contributed by atoms with E-state index in [4.69, 9.17) is 24.7 Å². The number of ether oxygens (including phenoxy) is 6. The Morgan fingerprint density at radius 1 is 0.442 bits per heavy atom. The predicted molar refractivity (Wildman–Crippen MR) is 468 cm³/mol. The highest BCUT2D eigenvalue weighted by atomic mass is 16.5. The summed E-state index contributed by atoms with van der Waals surface area (Å²) >= 11 is 0. The molecule has 9 amide bonds. The lowest BCUT2D eigenvalue weighted by Crippen LogP contribution is -2.47. The fourth-order valence-corrected chi connectivity index (χ4v) is 20.1. The number of aliphatic carboxylic acids is 1. The number of Topliss-reactive ketones (excluding diaryl/α,β-unsaturated/α-hetero) is 4. The highest BCUT2D eigenvalue weighted by Crippen LogP contribution is 2.42. The summed E-state index contributed by atoms with van der Waals surface area (Å²) in [6.45, 7) is 20.9. The second-order valence-electron chi connectivity index (χ2n) is 37.4. The molecule has 1 aromatic heterocycles. The summed E-state index contributed by atoms with van der Waals surface area (Å²) in [6.07, 6.45) is 8.28. The average molecular weight is 1810 g/mol. The number of aliphatic hydroxyl groups is 2. The summed E-state index contributed by atoms with van der Waals surface area (Å²) in [4.78, 5) is 229. The Labute approximate surface area is 756 Å². The largest absolute Gasteiger partial charge is 0.480 e. The number of carbonyl (C=O) groups is 18. The molecule has 8 fully saturated rings. The van der Waals surface area contributed by atoms with E-state index in [0.29, 0.717) is 88.1 Å². The molecule has 0 bridgehead atoms. The van der Waals surface area contributed by atoms with Crippen LogP contribution in [0, 0.1) is 94.7 Å². The van der Waals surface area contributed by atoms with E-state index in [1.54, 1.807) is 20.0 Å². The number of piperidine rings is 4. The number of hydrogen-bond acceptors (Lipinski definition) is 27. The summed E-state index contributed by atoms with van der Waals surface area (Å²) in [5.41, 5.74) is 7.06. The molecule has 10 rings (SSSR count). The van der Waals surface area contributed by atoms with Crippen molar-refractivity contribution in [3.63, 3.8) is 0 Å². The van der Waals surface area contributed by atoms with E-state index < -0.39 is 78.0 Å². The van der Waals surface area contributed by atoms with Gasteiger partial charge in [-0.2, -0.15) is 0 Å². The average Bonchev–Trinajstić information content (AvgIpc) is 1.67. The van der Waals surface area contributed by atoms with Crippen LogP contribution in [-0.4, -0.2) is 250 Å². The maximum absolute atomic E-state index is 13.0. The predicted octanol–water partition coefficient (Wildman–Crippen LogP) is 8.13. The van der Waals surface area contributed by atoms with Crippen molar-refractivity contribution in [1.29, 1.82) is 0 Å². The van der Waals surface area contributed by atoms with Crippen LogP contribution in [0.4, 0.5) is 0 Å². The zero-order chi connectivity index (χ0) is 95.2. The van der Waals surface area contributed by atoms with Crippen LogP contribution in [0.25, 0.3) is 10.9 Å². The smallest absolute Gasteiger partial charge is 0.326 e. The van der Waals surface area contributed by atoms with Gasteiger partial charge in [0.05, 0.1) is 90.7 Å². The third-order valence-corrected chi connectivity index (χ3v) is 26.6. The number of aliphatic hydroxyl groups excluding tert-OH is 2. The van der Waals surface area contributed by atoms with Crippen molar-refractivity contribution >= 4 is 117 Å². The maximum atomic E-state index is 13.0. The summed E-state index contributed by atoms with van der Waals surface area (Å²) < 4.78 is 31.1. The number of methoxy groups -OCH3 is 2. The number of nitrogens with zero attached hydrogens (tertiary/aromatic N) is 4. The van der Waals surface area contributed by atoms with Gasteiger partial charge in [-0.25, -0.2) is 4.79 Å². The number of benzene rings is 1. The quantitative estimate of drug-likeness (QED) is 0.0210. The molecule has 4 aliphatic carbocycles. The molecule has 4 saturated heterocycles. The number of esters is 4. The Morgan fingerprint density at radius 2 is 0.767 bits per heavy atom. The number of aromatic nitrogens is 1. The number of imide groups is 4. The number of likely N-dealkylation sites (tertiary alicyclic amines) is 4. The molecule has 0 radical (unpaired) electrons. The first-order valence-electron chi connectivity index (χ1n) is 46.5. The summed E-state index contributed by atoms with van der Waals surface area (Å²) in [5, 5.41) is 34.3. The lowest BCUT2D eigenvalue weighted by Gasteiger charge is -2.38. The summed E-state index contributed by atoms with van der Waals surface area (Å²) in [7, 11) is 2.56. The number of ketones is 4. The molecule has 34 heteroatoms. The van der Waals surface area contributed by atoms with E-state index in [0.717, 1.165) is 56.8 Å². The number of hydrogen-bond donors (Lipinski definition) is 6. The number of H-pyrrole nitrogens is 1. The highest BCUT2D eigenvalue weighted by molar-refractivity contribution is 6.01. The fraction of sp³-hybridized carbons (Fsp3) is 0.726. The maximum Gasteiger partial charge on any atom is 0.326 e. The number of rotatable bonds is 38. The van der Waals surface area contributed by atoms with Crippen molar-refractivity contribution in [3.8, 4) is 0 Å². The van der Waals surface area contributed by atoms with Crippen molar-refractivity contribution in [1.82, 2.24) is 29.9 Å². The van der Waals surface area contributed by atoms with E-state index in [1.807, 2.05) is 52.0 Å². The van der Waals surface area contributed by atoms with E-state index in [9.17, 15) is 102 Å². The van der Waals surface area contributed by atoms with Gasteiger partial charge in [0.2, 0.25) is 53.2 Å². The van der Waals surface area contributed by atoms with Gasteiger partial charge in [0.25, 0.3) is 0 Å². The lowest BCUT2D eigenvalue weighted by molar-refractivity contribution is -0.155. The second-order valence-corrected chi connectivity index (χ2v) is 37.4. The van der Waals surface area contributed by atoms with Crippen LogP contribution in [0.1, 0.15) is 242 Å². The Hall–Kier alpha value is -9.38. The zero-order valence-corrected chi connectivity index (χ0v) is 77.5. The monoisotopic (exact) mass is 1810 g/mol. The van der Waals surface area contributed by atoms with Crippen LogP contribution in [-0.2, 0) is 121 Å². The third kappa shape index (κ3) is 32.3. The van der Waals surface area contributed by atoms with Crippen molar-refractivity contribution in [2.45, 2.75) is 273 Å². The minimum absolute atomic E-state index is 0.00621. The number of nitrogens with one attached hydrogen (secondary N) is 2. The molecule has 0 spiro atoms. The van der Waals surface area contributed by atoms with Crippen LogP contribution < -0.4 is 11.1 Å². The first-order chi connectivity index (χ1) is 61.2. The standard InChI is InChI=1S/C29H37N3O7.C25H39NO8.C23H35NO8.C18H30N2O4/c1-16-9-17(2)28(37)21(10-16)24(33)11-18-12-26(35)32(27(36)13-18)8-7-25(34)31-23(29(38)39)14-19-15-30-22-6-4-3-5-20(19)22;1-5-32-23(29)7-9-26-21(27)14-18(15-22(26)28)13-20(34-10-8-24(30)33-6-2)19-12-16(3)11-17(4)25(19)31;1-14-9-15(2)23(29)17(10-14)18(32-8-6-22(28)31-4)11-16-12-19(25)24(20(26)13-16)7-5-21(27)30-3;1-11-6-12(2)18(24)14(7-11)15(21)8-13-9-16(22)20(5-3-4-19)17(23)10-13/h3-6,15-18,21,23-24,30,33H,7-14H2,1-2H3,(H,31,34)(H,38,39);16-20H,5-15H2,1-4H3;14-18H,5-13H2,1-4H3;11-15,21H,3-10,19H2,1-2H3/t16-,17?,21?,23?,24+;16-,17?,19?,20+;14-,15?,17?,18+;11-,12?,14?,15+/m0000/s1. The number of fused-ring (bicyclic) bond motifs is 1. The minimum atomic E-state index is -1.18. The van der Waals surface area contributed by atoms with Crippen LogP contribution >= 0.6 is 0 Å². The van der Waals surface area contributed by atoms with Gasteiger partial charge in [0.15, 0.2) is 0 Å². The highest BCUT2D eigenvalue weighted by Gasteiger charge is 2.47. The molecule has 7 N–H and O–H groups in total. The lowest BCUT2D eigenvalue weighted by atomic mass is 9.71. The molecule has 5 heterocycles. The van der Waals surface area contributed by atoms with Crippen LogP contribution in [0.15, 0.2) is 30.5 Å². The molecule has 2 aromatic rings. The van der Waals surface area contributed by atoms with E-state index in [1.165, 1.54) is 19.1 Å². The molecule has 34 nitrogen and oxygen atoms in total. The van der Waals surface area contributed by atoms with E-state index in [2.05, 4.69) is 47.5 Å². The Kier molecular flexibility index (Phi) is 43.0. The minimum Gasteiger partial charge on any atom is -0.480 e. The molecule has 1 aromatic carbocycles. The number of aromatic amines is 1. The fourth-order valence-electron chi connectivity index (χ4n) is 20.1. The molecule has 718 valence electrons. The molecule has 4 aliphatic heterocycles. The van der Waals surface area contributed by atoms with Crippen LogP contribution in [0.3, 0.4) is 0 Å². The van der Waals surface area contributed by atoms with Gasteiger partial charge in [-0.3, -0.25) is 101 Å².